The fourth-order valence-electron chi connectivity index (χ4n) is 1.86. The fourth-order valence-corrected chi connectivity index (χ4v) is 1.86. The summed E-state index contributed by atoms with van der Waals surface area (Å²) >= 11 is 0. The molecule has 1 atom stereocenters. The van der Waals surface area contributed by atoms with E-state index in [1.54, 1.807) is 0 Å². The van der Waals surface area contributed by atoms with Crippen LogP contribution in [0.5, 0.6) is 0 Å². The van der Waals surface area contributed by atoms with Crippen LogP contribution >= 0.6 is 0 Å². The molecule has 1 rings (SSSR count). The third kappa shape index (κ3) is 2.17. The summed E-state index contributed by atoms with van der Waals surface area (Å²) in [6, 6.07) is -23.0. The highest BCUT2D eigenvalue weighted by atomic mass is 19.4. The van der Waals surface area contributed by atoms with Gasteiger partial charge in [-0.05, 0) is 6.92 Å². The second kappa shape index (κ2) is 5.01. The summed E-state index contributed by atoms with van der Waals surface area (Å²) < 4.78 is 207. The average Bonchev–Trinajstić information content (AvgIpc) is 2.33. The van der Waals surface area contributed by atoms with Crippen LogP contribution in [0, 0.1) is 0 Å². The highest BCUT2D eigenvalue weighted by Gasteiger charge is 2.97. The van der Waals surface area contributed by atoms with Gasteiger partial charge in [-0.3, -0.25) is 0 Å². The molecule has 1 heterocycles. The zero-order valence-corrected chi connectivity index (χ0v) is 11.5. The van der Waals surface area contributed by atoms with Gasteiger partial charge in [0.1, 0.15) is 0 Å². The first kappa shape index (κ1) is 22.9. The second-order valence-electron chi connectivity index (χ2n) is 5.18. The molecule has 0 N–H and O–H groups in total. The van der Waals surface area contributed by atoms with Crippen molar-refractivity contribution in [1.82, 2.24) is 4.90 Å². The molecule has 0 aromatic carbocycles. The molecule has 1 saturated heterocycles. The van der Waals surface area contributed by atoms with E-state index >= 15 is 0 Å². The number of hydrogen-bond acceptors (Lipinski definition) is 1. The molecule has 1 unspecified atom stereocenters. The van der Waals surface area contributed by atoms with E-state index in [0.29, 0.717) is 0 Å². The Balaban J connectivity index is 3.91. The molecule has 1 fully saturated rings. The minimum absolute atomic E-state index is 1.34. The lowest BCUT2D eigenvalue weighted by Crippen LogP contribution is -2.86. The fraction of sp³-hybridized carbons (Fsp3) is 1.00. The predicted octanol–water partition coefficient (Wildman–Crippen LogP) is 5.28. The quantitative estimate of drug-likeness (QED) is 0.427. The Morgan fingerprint density at radius 3 is 1.23 bits per heavy atom. The van der Waals surface area contributed by atoms with Crippen molar-refractivity contribution < 1.29 is 70.2 Å². The van der Waals surface area contributed by atoms with Crippen LogP contribution in [0.4, 0.5) is 70.2 Å². The molecular weight excluding hydrogens is 426 g/mol. The Morgan fingerprint density at radius 2 is 0.923 bits per heavy atom. The van der Waals surface area contributed by atoms with Gasteiger partial charge in [0.25, 0.3) is 5.67 Å². The van der Waals surface area contributed by atoms with Crippen molar-refractivity contribution in [1.29, 1.82) is 0 Å². The average molecular weight is 429 g/mol. The number of hydrogen-bond donors (Lipinski definition) is 0. The Morgan fingerprint density at radius 1 is 0.577 bits per heavy atom. The molecule has 1 nitrogen and oxygen atoms in total. The van der Waals surface area contributed by atoms with Gasteiger partial charge in [-0.2, -0.15) is 65.9 Å². The monoisotopic (exact) mass is 429 g/mol. The maximum Gasteiger partial charge on any atom is 0.461 e. The number of rotatable bonds is 2. The maximum absolute atomic E-state index is 13.5. The van der Waals surface area contributed by atoms with E-state index in [1.807, 2.05) is 0 Å². The van der Waals surface area contributed by atoms with Gasteiger partial charge in [0, 0.05) is 0 Å². The van der Waals surface area contributed by atoms with E-state index in [4.69, 9.17) is 0 Å². The molecular formula is C9H3F16N. The minimum Gasteiger partial charge on any atom is -0.229 e. The molecule has 0 amide bonds. The van der Waals surface area contributed by atoms with Gasteiger partial charge in [0.15, 0.2) is 0 Å². The highest BCUT2D eigenvalue weighted by Crippen LogP contribution is 2.67. The van der Waals surface area contributed by atoms with Gasteiger partial charge in [-0.1, -0.05) is 0 Å². The van der Waals surface area contributed by atoms with Crippen molar-refractivity contribution in [2.45, 2.75) is 54.7 Å². The summed E-state index contributed by atoms with van der Waals surface area (Å²) in [5.41, 5.74) is -6.42. The third-order valence-electron chi connectivity index (χ3n) is 3.50. The summed E-state index contributed by atoms with van der Waals surface area (Å²) in [7, 11) is 0. The van der Waals surface area contributed by atoms with E-state index < -0.39 is 59.6 Å². The van der Waals surface area contributed by atoms with Crippen LogP contribution < -0.4 is 0 Å². The van der Waals surface area contributed by atoms with Crippen LogP contribution in [0.3, 0.4) is 0 Å². The molecule has 0 saturated carbocycles. The van der Waals surface area contributed by atoms with Crippen molar-refractivity contribution in [3.63, 3.8) is 0 Å². The lowest BCUT2D eigenvalue weighted by atomic mass is 9.84. The highest BCUT2D eigenvalue weighted by molar-refractivity contribution is 5.19. The summed E-state index contributed by atoms with van der Waals surface area (Å²) in [6.45, 7) is -1.34. The molecule has 17 heteroatoms. The second-order valence-corrected chi connectivity index (χ2v) is 5.18. The largest absolute Gasteiger partial charge is 0.461 e. The van der Waals surface area contributed by atoms with Crippen molar-refractivity contribution in [3.05, 3.63) is 0 Å². The Bertz CT molecular complexity index is 541. The lowest BCUT2D eigenvalue weighted by molar-refractivity contribution is -0.538. The third-order valence-corrected chi connectivity index (χ3v) is 3.50. The van der Waals surface area contributed by atoms with Gasteiger partial charge < -0.3 is 0 Å². The Hall–Kier alpha value is -1.16. The van der Waals surface area contributed by atoms with Crippen molar-refractivity contribution in [2.24, 2.45) is 0 Å². The summed E-state index contributed by atoms with van der Waals surface area (Å²) in [5, 5.41) is 0. The lowest BCUT2D eigenvalue weighted by Gasteiger charge is -2.55. The van der Waals surface area contributed by atoms with Crippen LogP contribution in [0.2, 0.25) is 0 Å². The molecule has 0 radical (unpaired) electrons. The number of alkyl halides is 16. The van der Waals surface area contributed by atoms with Gasteiger partial charge >= 0.3 is 42.1 Å². The number of halogens is 16. The van der Waals surface area contributed by atoms with Crippen molar-refractivity contribution in [2.75, 3.05) is 0 Å². The zero-order valence-electron chi connectivity index (χ0n) is 11.5. The minimum atomic E-state index is -7.98. The maximum atomic E-state index is 13.5. The molecule has 1 aliphatic heterocycles. The van der Waals surface area contributed by atoms with Crippen LogP contribution in [-0.2, 0) is 0 Å². The van der Waals surface area contributed by atoms with Gasteiger partial charge in [0.2, 0.25) is 0 Å². The molecule has 0 aromatic rings. The van der Waals surface area contributed by atoms with Crippen molar-refractivity contribution in [3.8, 4) is 0 Å². The van der Waals surface area contributed by atoms with Crippen LogP contribution in [0.15, 0.2) is 0 Å². The SMILES string of the molecule is CC1(F)C(F)(F)N(C(F)(F)C(F)(F)C(F)(F)F)C(F)(F)C(F)(F)C1(F)F. The summed E-state index contributed by atoms with van der Waals surface area (Å²) in [5.74, 6) is -22.6. The standard InChI is InChI=1S/C9H3F16N/c1-2(10)3(11,12)4(13,14)8(22,23)26(7(2,20)21)9(24,25)5(15,16)6(17,18)19/h1H3. The molecule has 156 valence electrons. The van der Waals surface area contributed by atoms with E-state index in [0.717, 1.165) is 0 Å². The molecule has 0 aromatic heterocycles. The van der Waals surface area contributed by atoms with Gasteiger partial charge in [-0.25, -0.2) is 4.39 Å². The molecule has 0 spiro atoms. The zero-order chi connectivity index (χ0) is 21.6. The Labute approximate surface area is 131 Å². The number of piperidine rings is 1. The van der Waals surface area contributed by atoms with Gasteiger partial charge in [-0.15, -0.1) is 4.90 Å². The van der Waals surface area contributed by atoms with Crippen LogP contribution in [-0.4, -0.2) is 52.7 Å². The molecule has 1 aliphatic rings. The summed E-state index contributed by atoms with van der Waals surface area (Å²) in [4.78, 5) is -4.17. The van der Waals surface area contributed by atoms with E-state index in [2.05, 4.69) is 0 Å². The van der Waals surface area contributed by atoms with E-state index in [9.17, 15) is 70.2 Å². The predicted molar refractivity (Wildman–Crippen MR) is 47.1 cm³/mol. The topological polar surface area (TPSA) is 3.24 Å². The first-order chi connectivity index (χ1) is 10.9. The van der Waals surface area contributed by atoms with Crippen LogP contribution in [0.1, 0.15) is 6.92 Å². The van der Waals surface area contributed by atoms with Crippen molar-refractivity contribution >= 4 is 0 Å². The molecule has 0 aliphatic carbocycles. The van der Waals surface area contributed by atoms with E-state index in [-0.39, 0.29) is 0 Å². The Kier molecular flexibility index (Phi) is 4.41. The normalized spacial score (nSPS) is 31.7. The molecule has 26 heavy (non-hydrogen) atoms. The number of nitrogens with zero attached hydrogens (tertiary/aromatic N) is 1. The smallest absolute Gasteiger partial charge is 0.229 e. The van der Waals surface area contributed by atoms with E-state index in [1.165, 1.54) is 0 Å². The first-order valence-corrected chi connectivity index (χ1v) is 5.69. The first-order valence-electron chi connectivity index (χ1n) is 5.69. The summed E-state index contributed by atoms with van der Waals surface area (Å²) in [6.07, 6.45) is -7.59. The van der Waals surface area contributed by atoms with Crippen LogP contribution in [0.25, 0.3) is 0 Å². The number of likely N-dealkylation sites (tertiary alicyclic amines) is 1. The van der Waals surface area contributed by atoms with Gasteiger partial charge in [0.05, 0.1) is 0 Å². The molecule has 0 bridgehead atoms.